The van der Waals surface area contributed by atoms with Gasteiger partial charge >= 0.3 is 0 Å². The van der Waals surface area contributed by atoms with Crippen molar-refractivity contribution in [3.05, 3.63) is 47.8 Å². The minimum absolute atomic E-state index is 0. The van der Waals surface area contributed by atoms with Crippen LogP contribution in [0.25, 0.3) is 0 Å². The van der Waals surface area contributed by atoms with Gasteiger partial charge in [-0.15, -0.1) is 24.0 Å². The van der Waals surface area contributed by atoms with E-state index >= 15 is 0 Å². The Bertz CT molecular complexity index is 755. The average Bonchev–Trinajstić information content (AvgIpc) is 3.03. The Labute approximate surface area is 168 Å². The lowest BCUT2D eigenvalue weighted by atomic mass is 10.2. The highest BCUT2D eigenvalue weighted by Gasteiger charge is 2.22. The van der Waals surface area contributed by atoms with Crippen LogP contribution in [0.4, 0.5) is 14.5 Å². The van der Waals surface area contributed by atoms with Gasteiger partial charge in [0, 0.05) is 52.5 Å². The zero-order chi connectivity index (χ0) is 17.8. The predicted octanol–water partition coefficient (Wildman–Crippen LogP) is 2.21. The molecule has 0 amide bonds. The van der Waals surface area contributed by atoms with Crippen LogP contribution in [0.3, 0.4) is 0 Å². The first kappa shape index (κ1) is 20.4. The van der Waals surface area contributed by atoms with Gasteiger partial charge in [0.15, 0.2) is 5.96 Å². The zero-order valence-corrected chi connectivity index (χ0v) is 17.2. The van der Waals surface area contributed by atoms with Gasteiger partial charge in [0.1, 0.15) is 11.6 Å². The van der Waals surface area contributed by atoms with Crippen molar-refractivity contribution in [3.8, 4) is 0 Å². The molecule has 6 nitrogen and oxygen atoms in total. The highest BCUT2D eigenvalue weighted by atomic mass is 127. The number of aromatic nitrogens is 2. The van der Waals surface area contributed by atoms with Gasteiger partial charge in [0.05, 0.1) is 17.9 Å². The normalized spacial score (nSPS) is 15.0. The summed E-state index contributed by atoms with van der Waals surface area (Å²) in [6.07, 6.45) is 1.76. The maximum Gasteiger partial charge on any atom is 0.194 e. The second-order valence-corrected chi connectivity index (χ2v) is 5.92. The molecular weight excluding hydrogens is 453 g/mol. The van der Waals surface area contributed by atoms with Crippen molar-refractivity contribution < 1.29 is 8.78 Å². The Kier molecular flexibility index (Phi) is 7.18. The first-order valence-corrected chi connectivity index (χ1v) is 8.21. The lowest BCUT2D eigenvalue weighted by molar-refractivity contribution is 0.370. The van der Waals surface area contributed by atoms with Crippen LogP contribution in [-0.2, 0) is 13.6 Å². The lowest BCUT2D eigenvalue weighted by Gasteiger charge is -2.37. The van der Waals surface area contributed by atoms with Crippen LogP contribution in [0.2, 0.25) is 0 Å². The standard InChI is InChI=1S/C17H22F2N6.HI/c1-20-17(21-12-14-5-6-22-23(14)2)25-9-7-24(8-10-25)16-11-13(18)3-4-15(16)19;/h3-6,11H,7-10,12H2,1-2H3,(H,20,21);1H. The molecule has 1 aliphatic rings. The van der Waals surface area contributed by atoms with Crippen LogP contribution in [0.1, 0.15) is 5.69 Å². The summed E-state index contributed by atoms with van der Waals surface area (Å²) in [5.41, 5.74) is 1.37. The summed E-state index contributed by atoms with van der Waals surface area (Å²) >= 11 is 0. The molecule has 1 fully saturated rings. The average molecular weight is 476 g/mol. The molecule has 142 valence electrons. The predicted molar refractivity (Wildman–Crippen MR) is 109 cm³/mol. The maximum absolute atomic E-state index is 13.9. The minimum Gasteiger partial charge on any atom is -0.366 e. The van der Waals surface area contributed by atoms with E-state index in [-0.39, 0.29) is 24.0 Å². The van der Waals surface area contributed by atoms with Crippen LogP contribution in [0, 0.1) is 11.6 Å². The summed E-state index contributed by atoms with van der Waals surface area (Å²) in [6.45, 7) is 3.20. The number of rotatable bonds is 3. The molecule has 2 heterocycles. The van der Waals surface area contributed by atoms with Crippen LogP contribution < -0.4 is 10.2 Å². The summed E-state index contributed by atoms with van der Waals surface area (Å²) in [4.78, 5) is 8.30. The zero-order valence-electron chi connectivity index (χ0n) is 14.8. The molecule has 1 aromatic heterocycles. The molecule has 0 aliphatic carbocycles. The van der Waals surface area contributed by atoms with E-state index in [0.717, 1.165) is 17.7 Å². The monoisotopic (exact) mass is 476 g/mol. The molecule has 0 spiro atoms. The molecule has 26 heavy (non-hydrogen) atoms. The van der Waals surface area contributed by atoms with Gasteiger partial charge in [0.2, 0.25) is 0 Å². The number of nitrogens with zero attached hydrogens (tertiary/aromatic N) is 5. The second-order valence-electron chi connectivity index (χ2n) is 5.92. The number of halogens is 3. The van der Waals surface area contributed by atoms with Crippen molar-refractivity contribution >= 4 is 35.6 Å². The highest BCUT2D eigenvalue weighted by Crippen LogP contribution is 2.21. The smallest absolute Gasteiger partial charge is 0.194 e. The Morgan fingerprint density at radius 1 is 1.19 bits per heavy atom. The fourth-order valence-electron chi connectivity index (χ4n) is 2.96. The van der Waals surface area contributed by atoms with Crippen LogP contribution in [0.5, 0.6) is 0 Å². The molecule has 1 aromatic carbocycles. The number of benzene rings is 1. The Morgan fingerprint density at radius 3 is 2.54 bits per heavy atom. The Hall–Kier alpha value is -1.91. The van der Waals surface area contributed by atoms with Gasteiger partial charge in [-0.05, 0) is 18.2 Å². The largest absolute Gasteiger partial charge is 0.366 e. The molecule has 0 unspecified atom stereocenters. The molecule has 0 atom stereocenters. The number of anilines is 1. The quantitative estimate of drug-likeness (QED) is 0.420. The Morgan fingerprint density at radius 2 is 1.92 bits per heavy atom. The summed E-state index contributed by atoms with van der Waals surface area (Å²) in [5, 5.41) is 7.46. The number of aryl methyl sites for hydroxylation is 1. The van der Waals surface area contributed by atoms with Crippen molar-refractivity contribution in [1.82, 2.24) is 20.0 Å². The number of guanidine groups is 1. The number of nitrogens with one attached hydrogen (secondary N) is 1. The van der Waals surface area contributed by atoms with Crippen molar-refractivity contribution in [3.63, 3.8) is 0 Å². The third-order valence-electron chi connectivity index (χ3n) is 4.39. The van der Waals surface area contributed by atoms with Crippen molar-refractivity contribution in [2.24, 2.45) is 12.0 Å². The van der Waals surface area contributed by atoms with E-state index in [1.807, 2.05) is 22.7 Å². The molecule has 3 rings (SSSR count). The summed E-state index contributed by atoms with van der Waals surface area (Å²) in [5.74, 6) is -0.0263. The highest BCUT2D eigenvalue weighted by molar-refractivity contribution is 14.0. The molecular formula is C17H23F2IN6. The fourth-order valence-corrected chi connectivity index (χ4v) is 2.96. The van der Waals surface area contributed by atoms with E-state index in [0.29, 0.717) is 38.4 Å². The Balaban J connectivity index is 0.00000243. The fraction of sp³-hybridized carbons (Fsp3) is 0.412. The van der Waals surface area contributed by atoms with Gasteiger partial charge in [-0.3, -0.25) is 9.67 Å². The number of hydrogen-bond acceptors (Lipinski definition) is 3. The molecule has 0 radical (unpaired) electrons. The first-order chi connectivity index (χ1) is 12.1. The van der Waals surface area contributed by atoms with Gasteiger partial charge in [-0.2, -0.15) is 5.10 Å². The minimum atomic E-state index is -0.424. The molecule has 0 bridgehead atoms. The summed E-state index contributed by atoms with van der Waals surface area (Å²) < 4.78 is 29.1. The van der Waals surface area contributed by atoms with Crippen LogP contribution >= 0.6 is 24.0 Å². The molecule has 1 aliphatic heterocycles. The number of hydrogen-bond donors (Lipinski definition) is 1. The van der Waals surface area contributed by atoms with Crippen LogP contribution in [0.15, 0.2) is 35.5 Å². The van der Waals surface area contributed by atoms with Crippen molar-refractivity contribution in [2.45, 2.75) is 6.54 Å². The van der Waals surface area contributed by atoms with Crippen LogP contribution in [-0.4, -0.2) is 53.9 Å². The van der Waals surface area contributed by atoms with Crippen molar-refractivity contribution in [2.75, 3.05) is 38.1 Å². The molecule has 1 saturated heterocycles. The van der Waals surface area contributed by atoms with E-state index in [4.69, 9.17) is 0 Å². The van der Waals surface area contributed by atoms with Gasteiger partial charge in [-0.25, -0.2) is 8.78 Å². The topological polar surface area (TPSA) is 48.7 Å². The van der Waals surface area contributed by atoms with E-state index in [1.54, 1.807) is 13.2 Å². The van der Waals surface area contributed by atoms with Gasteiger partial charge < -0.3 is 15.1 Å². The third-order valence-corrected chi connectivity index (χ3v) is 4.39. The van der Waals surface area contributed by atoms with E-state index in [2.05, 4.69) is 20.3 Å². The summed E-state index contributed by atoms with van der Waals surface area (Å²) in [7, 11) is 3.64. The number of aliphatic imine (C=N–C) groups is 1. The third kappa shape index (κ3) is 4.63. The van der Waals surface area contributed by atoms with Crippen molar-refractivity contribution in [1.29, 1.82) is 0 Å². The SMILES string of the molecule is CN=C(NCc1ccnn1C)N1CCN(c2cc(F)ccc2F)CC1.I. The molecule has 1 N–H and O–H groups in total. The second kappa shape index (κ2) is 9.15. The van der Waals surface area contributed by atoms with Gasteiger partial charge in [0.25, 0.3) is 0 Å². The molecule has 9 heteroatoms. The lowest BCUT2D eigenvalue weighted by Crippen LogP contribution is -2.52. The maximum atomic E-state index is 13.9. The first-order valence-electron chi connectivity index (χ1n) is 8.21. The number of piperazine rings is 1. The van der Waals surface area contributed by atoms with Gasteiger partial charge in [-0.1, -0.05) is 0 Å². The molecule has 0 saturated carbocycles. The van der Waals surface area contributed by atoms with E-state index in [1.165, 1.54) is 12.1 Å². The van der Waals surface area contributed by atoms with E-state index in [9.17, 15) is 8.78 Å². The molecule has 2 aromatic rings. The van der Waals surface area contributed by atoms with E-state index < -0.39 is 11.6 Å². The summed E-state index contributed by atoms with van der Waals surface area (Å²) in [6, 6.07) is 5.51.